The summed E-state index contributed by atoms with van der Waals surface area (Å²) in [4.78, 5) is 22.9. The fraction of sp³-hybridized carbons (Fsp3) is 0.500. The van der Waals surface area contributed by atoms with Crippen molar-refractivity contribution >= 4 is 12.3 Å². The van der Waals surface area contributed by atoms with Crippen LogP contribution in [-0.4, -0.2) is 37.9 Å². The molecule has 0 aromatic heterocycles. The summed E-state index contributed by atoms with van der Waals surface area (Å²) < 4.78 is 0. The second kappa shape index (κ2) is 5.85. The molecule has 0 aliphatic heterocycles. The Balaban J connectivity index is 4.92. The normalized spacial score (nSPS) is 11.4. The Morgan fingerprint density at radius 3 is 2.50 bits per heavy atom. The van der Waals surface area contributed by atoms with E-state index in [1.807, 2.05) is 6.92 Å². The van der Waals surface area contributed by atoms with E-state index in [2.05, 4.69) is 10.6 Å². The van der Waals surface area contributed by atoms with E-state index in [0.29, 0.717) is 13.0 Å². The largest absolute Gasteiger partial charge is 0.383 e. The van der Waals surface area contributed by atoms with Gasteiger partial charge in [0, 0.05) is 20.6 Å². The molecule has 14 heavy (non-hydrogen) atoms. The van der Waals surface area contributed by atoms with Gasteiger partial charge in [0.25, 0.3) is 5.91 Å². The molecule has 0 saturated heterocycles. The highest BCUT2D eigenvalue weighted by Gasteiger charge is 2.13. The van der Waals surface area contributed by atoms with Crippen LogP contribution in [0.4, 0.5) is 0 Å². The highest BCUT2D eigenvalue weighted by Crippen LogP contribution is 1.98. The Bertz CT molecular complexity index is 250. The van der Waals surface area contributed by atoms with Gasteiger partial charge in [-0.25, -0.2) is 0 Å². The first-order chi connectivity index (χ1) is 6.58. The van der Waals surface area contributed by atoms with Gasteiger partial charge in [0.2, 0.25) is 6.41 Å². The zero-order valence-electron chi connectivity index (χ0n) is 8.63. The van der Waals surface area contributed by atoms with E-state index in [1.165, 1.54) is 14.1 Å². The molecule has 4 N–H and O–H groups in total. The number of nitrogens with two attached hydrogens (primary N) is 1. The van der Waals surface area contributed by atoms with Crippen molar-refractivity contribution in [2.24, 2.45) is 5.73 Å². The third-order valence-electron chi connectivity index (χ3n) is 1.60. The number of carbonyl (C=O) groups is 2. The van der Waals surface area contributed by atoms with Crippen LogP contribution in [0, 0.1) is 0 Å². The maximum Gasteiger partial charge on any atom is 0.270 e. The minimum Gasteiger partial charge on any atom is -0.383 e. The molecule has 0 aliphatic carbocycles. The molecular formula is C8H16N4O2. The average Bonchev–Trinajstić information content (AvgIpc) is 2.22. The summed E-state index contributed by atoms with van der Waals surface area (Å²) in [6, 6.07) is 0. The third kappa shape index (κ3) is 2.96. The van der Waals surface area contributed by atoms with Crippen molar-refractivity contribution in [1.82, 2.24) is 15.5 Å². The van der Waals surface area contributed by atoms with Crippen molar-refractivity contribution in [3.05, 3.63) is 11.5 Å². The predicted molar refractivity (Wildman–Crippen MR) is 52.8 cm³/mol. The van der Waals surface area contributed by atoms with Gasteiger partial charge in [0.1, 0.15) is 11.5 Å². The number of hydrogen-bond donors (Lipinski definition) is 3. The van der Waals surface area contributed by atoms with Crippen LogP contribution in [0.5, 0.6) is 0 Å². The SMILES string of the molecule is CCN/C(C(=O)NC)=C(\N)N(C)C=O. The Hall–Kier alpha value is -1.72. The van der Waals surface area contributed by atoms with Crippen LogP contribution >= 0.6 is 0 Å². The van der Waals surface area contributed by atoms with Crippen LogP contribution in [0.15, 0.2) is 11.5 Å². The lowest BCUT2D eigenvalue weighted by Crippen LogP contribution is -2.36. The smallest absolute Gasteiger partial charge is 0.270 e. The molecule has 0 atom stereocenters. The fourth-order valence-corrected chi connectivity index (χ4v) is 0.822. The number of rotatable bonds is 5. The molecule has 0 fully saturated rings. The highest BCUT2D eigenvalue weighted by molar-refractivity contribution is 5.93. The number of nitrogens with zero attached hydrogens (tertiary/aromatic N) is 1. The van der Waals surface area contributed by atoms with Crippen molar-refractivity contribution in [2.75, 3.05) is 20.6 Å². The van der Waals surface area contributed by atoms with Crippen molar-refractivity contribution in [2.45, 2.75) is 6.92 Å². The molecule has 0 aromatic rings. The van der Waals surface area contributed by atoms with Gasteiger partial charge in [0.05, 0.1) is 0 Å². The molecule has 0 unspecified atom stereocenters. The first kappa shape index (κ1) is 12.3. The van der Waals surface area contributed by atoms with Crippen LogP contribution in [0.2, 0.25) is 0 Å². The molecule has 0 rings (SSSR count). The number of nitrogens with one attached hydrogen (secondary N) is 2. The molecule has 0 radical (unpaired) electrons. The summed E-state index contributed by atoms with van der Waals surface area (Å²) in [5.41, 5.74) is 5.78. The molecule has 0 bridgehead atoms. The van der Waals surface area contributed by atoms with Gasteiger partial charge in [-0.3, -0.25) is 9.59 Å². The minimum atomic E-state index is -0.349. The van der Waals surface area contributed by atoms with Gasteiger partial charge in [-0.15, -0.1) is 0 Å². The predicted octanol–water partition coefficient (Wildman–Crippen LogP) is -1.44. The first-order valence-corrected chi connectivity index (χ1v) is 4.22. The second-order valence-corrected chi connectivity index (χ2v) is 2.59. The van der Waals surface area contributed by atoms with Crippen molar-refractivity contribution in [3.63, 3.8) is 0 Å². The summed E-state index contributed by atoms with van der Waals surface area (Å²) in [6.45, 7) is 2.38. The van der Waals surface area contributed by atoms with Gasteiger partial charge in [-0.2, -0.15) is 0 Å². The van der Waals surface area contributed by atoms with Gasteiger partial charge in [-0.1, -0.05) is 0 Å². The summed E-state index contributed by atoms with van der Waals surface area (Å²) in [5, 5.41) is 5.22. The van der Waals surface area contributed by atoms with E-state index in [9.17, 15) is 9.59 Å². The van der Waals surface area contributed by atoms with E-state index < -0.39 is 0 Å². The Kier molecular flexibility index (Phi) is 5.13. The maximum atomic E-state index is 11.3. The Morgan fingerprint density at radius 1 is 1.57 bits per heavy atom. The lowest BCUT2D eigenvalue weighted by molar-refractivity contribution is -0.117. The minimum absolute atomic E-state index is 0.0983. The maximum absolute atomic E-state index is 11.3. The Morgan fingerprint density at radius 2 is 2.14 bits per heavy atom. The summed E-state index contributed by atoms with van der Waals surface area (Å²) in [7, 11) is 2.97. The summed E-state index contributed by atoms with van der Waals surface area (Å²) in [6.07, 6.45) is 0.537. The van der Waals surface area contributed by atoms with Gasteiger partial charge in [-0.05, 0) is 6.92 Å². The summed E-state index contributed by atoms with van der Waals surface area (Å²) >= 11 is 0. The third-order valence-corrected chi connectivity index (χ3v) is 1.60. The van der Waals surface area contributed by atoms with Gasteiger partial charge in [0.15, 0.2) is 0 Å². The van der Waals surface area contributed by atoms with Crippen molar-refractivity contribution in [3.8, 4) is 0 Å². The number of hydrogen-bond acceptors (Lipinski definition) is 4. The van der Waals surface area contributed by atoms with E-state index in [4.69, 9.17) is 5.73 Å². The van der Waals surface area contributed by atoms with Crippen LogP contribution in [0.25, 0.3) is 0 Å². The van der Waals surface area contributed by atoms with Gasteiger partial charge >= 0.3 is 0 Å². The number of amides is 2. The van der Waals surface area contributed by atoms with Crippen LogP contribution in [-0.2, 0) is 9.59 Å². The first-order valence-electron chi connectivity index (χ1n) is 4.22. The van der Waals surface area contributed by atoms with E-state index >= 15 is 0 Å². The molecule has 2 amide bonds. The van der Waals surface area contributed by atoms with Crippen LogP contribution in [0.1, 0.15) is 6.92 Å². The second-order valence-electron chi connectivity index (χ2n) is 2.59. The molecular weight excluding hydrogens is 184 g/mol. The Labute approximate surface area is 83.1 Å². The van der Waals surface area contributed by atoms with Crippen molar-refractivity contribution < 1.29 is 9.59 Å². The van der Waals surface area contributed by atoms with Gasteiger partial charge < -0.3 is 21.3 Å². The molecule has 0 heterocycles. The van der Waals surface area contributed by atoms with E-state index in [-0.39, 0.29) is 17.4 Å². The van der Waals surface area contributed by atoms with Crippen LogP contribution in [0.3, 0.4) is 0 Å². The lowest BCUT2D eigenvalue weighted by atomic mass is 10.3. The molecule has 0 saturated carbocycles. The van der Waals surface area contributed by atoms with Crippen LogP contribution < -0.4 is 16.4 Å². The monoisotopic (exact) mass is 200 g/mol. The number of carbonyl (C=O) groups excluding carboxylic acids is 2. The van der Waals surface area contributed by atoms with E-state index in [0.717, 1.165) is 4.90 Å². The zero-order chi connectivity index (χ0) is 11.1. The zero-order valence-corrected chi connectivity index (χ0v) is 8.63. The standard InChI is InChI=1S/C8H16N4O2/c1-4-11-6(8(14)10-2)7(9)12(3)5-13/h5,11H,4,9H2,1-3H3,(H,10,14)/b7-6+. The molecule has 6 nitrogen and oxygen atoms in total. The average molecular weight is 200 g/mol. The van der Waals surface area contributed by atoms with E-state index in [1.54, 1.807) is 0 Å². The molecule has 0 aliphatic rings. The topological polar surface area (TPSA) is 87.5 Å². The molecule has 0 spiro atoms. The number of likely N-dealkylation sites (N-methyl/N-ethyl adjacent to an activating group) is 2. The quantitative estimate of drug-likeness (QED) is 0.374. The fourth-order valence-electron chi connectivity index (χ4n) is 0.822. The highest BCUT2D eigenvalue weighted by atomic mass is 16.2. The summed E-state index contributed by atoms with van der Waals surface area (Å²) in [5.74, 6) is -0.251. The molecule has 80 valence electrons. The molecule has 6 heteroatoms. The van der Waals surface area contributed by atoms with Crippen molar-refractivity contribution in [1.29, 1.82) is 0 Å². The lowest BCUT2D eigenvalue weighted by Gasteiger charge is -2.16. The molecule has 0 aromatic carbocycles.